The third-order valence-electron chi connectivity index (χ3n) is 5.37. The summed E-state index contributed by atoms with van der Waals surface area (Å²) >= 11 is 0. The number of amides is 1. The second-order valence-corrected chi connectivity index (χ2v) is 7.06. The standard InChI is InChI=1S/C22H26N2O6/c1-26-18-5-3-15(11-20(18)27-2)17(24-7-9-28-10-8-24)13-23-22(25)16-4-6-19-21(12-16)30-14-29-19/h3-6,11-12,17H,7-10,13-14H2,1-2H3,(H,23,25)/t17-/m0/s1. The third kappa shape index (κ3) is 4.29. The molecule has 1 amide bonds. The van der Waals surface area contributed by atoms with E-state index in [0.717, 1.165) is 18.7 Å². The molecule has 2 aromatic rings. The first-order chi connectivity index (χ1) is 14.7. The number of methoxy groups -OCH3 is 2. The smallest absolute Gasteiger partial charge is 0.251 e. The van der Waals surface area contributed by atoms with Crippen molar-refractivity contribution < 1.29 is 28.5 Å². The van der Waals surface area contributed by atoms with Crippen molar-refractivity contribution in [2.24, 2.45) is 0 Å². The van der Waals surface area contributed by atoms with E-state index in [0.29, 0.717) is 48.3 Å². The Labute approximate surface area is 175 Å². The predicted molar refractivity (Wildman–Crippen MR) is 110 cm³/mol. The molecule has 0 aromatic heterocycles. The molecule has 160 valence electrons. The van der Waals surface area contributed by atoms with Gasteiger partial charge >= 0.3 is 0 Å². The summed E-state index contributed by atoms with van der Waals surface area (Å²) in [5.41, 5.74) is 1.58. The Morgan fingerprint density at radius 1 is 1.03 bits per heavy atom. The number of nitrogens with zero attached hydrogens (tertiary/aromatic N) is 1. The predicted octanol–water partition coefficient (Wildman–Crippen LogP) is 2.24. The van der Waals surface area contributed by atoms with Gasteiger partial charge in [0.1, 0.15) is 0 Å². The summed E-state index contributed by atoms with van der Waals surface area (Å²) in [6, 6.07) is 11.0. The summed E-state index contributed by atoms with van der Waals surface area (Å²) in [4.78, 5) is 15.1. The van der Waals surface area contributed by atoms with Crippen LogP contribution in [0, 0.1) is 0 Å². The molecule has 0 bridgehead atoms. The number of hydrogen-bond acceptors (Lipinski definition) is 7. The molecule has 2 aliphatic heterocycles. The molecule has 0 aliphatic carbocycles. The molecule has 1 saturated heterocycles. The Bertz CT molecular complexity index is 897. The highest BCUT2D eigenvalue weighted by molar-refractivity contribution is 5.95. The number of carbonyl (C=O) groups excluding carboxylic acids is 1. The van der Waals surface area contributed by atoms with Crippen molar-refractivity contribution >= 4 is 5.91 Å². The highest BCUT2D eigenvalue weighted by Crippen LogP contribution is 2.33. The Hall–Kier alpha value is -2.97. The van der Waals surface area contributed by atoms with Gasteiger partial charge in [-0.25, -0.2) is 0 Å². The molecule has 8 heteroatoms. The van der Waals surface area contributed by atoms with E-state index in [1.165, 1.54) is 0 Å². The summed E-state index contributed by atoms with van der Waals surface area (Å²) in [5, 5.41) is 3.06. The minimum Gasteiger partial charge on any atom is -0.493 e. The molecule has 0 radical (unpaired) electrons. The van der Waals surface area contributed by atoms with Crippen molar-refractivity contribution in [2.45, 2.75) is 6.04 Å². The summed E-state index contributed by atoms with van der Waals surface area (Å²) in [7, 11) is 3.23. The Morgan fingerprint density at radius 3 is 2.57 bits per heavy atom. The van der Waals surface area contributed by atoms with E-state index >= 15 is 0 Å². The van der Waals surface area contributed by atoms with Crippen LogP contribution in [0.15, 0.2) is 36.4 Å². The molecular weight excluding hydrogens is 388 g/mol. The van der Waals surface area contributed by atoms with Crippen molar-refractivity contribution in [1.82, 2.24) is 10.2 Å². The van der Waals surface area contributed by atoms with Crippen LogP contribution in [0.25, 0.3) is 0 Å². The SMILES string of the molecule is COc1ccc([C@H](CNC(=O)c2ccc3c(c2)OCO3)N2CCOCC2)cc1OC. The van der Waals surface area contributed by atoms with Crippen molar-refractivity contribution in [3.05, 3.63) is 47.5 Å². The fourth-order valence-corrected chi connectivity index (χ4v) is 3.74. The average molecular weight is 414 g/mol. The average Bonchev–Trinajstić information content (AvgIpc) is 3.27. The Kier molecular flexibility index (Phi) is 6.25. The van der Waals surface area contributed by atoms with Crippen LogP contribution in [-0.4, -0.2) is 64.7 Å². The van der Waals surface area contributed by atoms with Gasteiger partial charge in [-0.15, -0.1) is 0 Å². The number of carbonyl (C=O) groups is 1. The minimum absolute atomic E-state index is 0.0216. The summed E-state index contributed by atoms with van der Waals surface area (Å²) in [6.07, 6.45) is 0. The van der Waals surface area contributed by atoms with Crippen LogP contribution >= 0.6 is 0 Å². The van der Waals surface area contributed by atoms with Crippen molar-refractivity contribution in [3.63, 3.8) is 0 Å². The molecule has 1 atom stereocenters. The second kappa shape index (κ2) is 9.23. The number of ether oxygens (including phenoxy) is 5. The fourth-order valence-electron chi connectivity index (χ4n) is 3.74. The molecule has 30 heavy (non-hydrogen) atoms. The highest BCUT2D eigenvalue weighted by Gasteiger charge is 2.25. The number of rotatable bonds is 7. The number of hydrogen-bond donors (Lipinski definition) is 1. The molecule has 8 nitrogen and oxygen atoms in total. The monoisotopic (exact) mass is 414 g/mol. The van der Waals surface area contributed by atoms with Crippen LogP contribution in [-0.2, 0) is 4.74 Å². The zero-order chi connectivity index (χ0) is 20.9. The lowest BCUT2D eigenvalue weighted by Crippen LogP contribution is -2.43. The second-order valence-electron chi connectivity index (χ2n) is 7.06. The number of benzene rings is 2. The van der Waals surface area contributed by atoms with E-state index in [4.69, 9.17) is 23.7 Å². The molecule has 4 rings (SSSR count). The number of nitrogens with one attached hydrogen (secondary N) is 1. The van der Waals surface area contributed by atoms with Gasteiger partial charge in [-0.3, -0.25) is 9.69 Å². The minimum atomic E-state index is -0.160. The van der Waals surface area contributed by atoms with Crippen LogP contribution < -0.4 is 24.3 Å². The molecule has 1 fully saturated rings. The molecule has 0 spiro atoms. The van der Waals surface area contributed by atoms with Crippen molar-refractivity contribution in [1.29, 1.82) is 0 Å². The maximum Gasteiger partial charge on any atom is 0.251 e. The Morgan fingerprint density at radius 2 is 1.80 bits per heavy atom. The summed E-state index contributed by atoms with van der Waals surface area (Å²) < 4.78 is 27.0. The number of morpholine rings is 1. The third-order valence-corrected chi connectivity index (χ3v) is 5.37. The first-order valence-electron chi connectivity index (χ1n) is 9.91. The van der Waals surface area contributed by atoms with E-state index in [1.807, 2.05) is 18.2 Å². The lowest BCUT2D eigenvalue weighted by molar-refractivity contribution is 0.0162. The van der Waals surface area contributed by atoms with E-state index in [-0.39, 0.29) is 18.7 Å². The topological polar surface area (TPSA) is 78.5 Å². The normalized spacial score (nSPS) is 16.7. The lowest BCUT2D eigenvalue weighted by atomic mass is 10.0. The van der Waals surface area contributed by atoms with Gasteiger partial charge in [0, 0.05) is 25.2 Å². The molecule has 1 N–H and O–H groups in total. The van der Waals surface area contributed by atoms with Gasteiger partial charge < -0.3 is 29.0 Å². The van der Waals surface area contributed by atoms with E-state index in [1.54, 1.807) is 32.4 Å². The molecular formula is C22H26N2O6. The zero-order valence-electron chi connectivity index (χ0n) is 17.2. The van der Waals surface area contributed by atoms with Crippen LogP contribution in [0.3, 0.4) is 0 Å². The lowest BCUT2D eigenvalue weighted by Gasteiger charge is -2.35. The van der Waals surface area contributed by atoms with Crippen molar-refractivity contribution in [3.8, 4) is 23.0 Å². The quantitative estimate of drug-likeness (QED) is 0.744. The number of fused-ring (bicyclic) bond motifs is 1. The van der Waals surface area contributed by atoms with Gasteiger partial charge in [-0.1, -0.05) is 6.07 Å². The summed E-state index contributed by atoms with van der Waals surface area (Å²) in [5.74, 6) is 2.42. The zero-order valence-corrected chi connectivity index (χ0v) is 17.2. The molecule has 0 unspecified atom stereocenters. The largest absolute Gasteiger partial charge is 0.493 e. The van der Waals surface area contributed by atoms with Crippen LogP contribution in [0.1, 0.15) is 22.0 Å². The first kappa shape index (κ1) is 20.3. The first-order valence-corrected chi connectivity index (χ1v) is 9.91. The van der Waals surface area contributed by atoms with Gasteiger partial charge in [0.05, 0.1) is 33.5 Å². The molecule has 2 aromatic carbocycles. The highest BCUT2D eigenvalue weighted by atomic mass is 16.7. The van der Waals surface area contributed by atoms with Gasteiger partial charge in [0.2, 0.25) is 6.79 Å². The molecule has 2 aliphatic rings. The van der Waals surface area contributed by atoms with Crippen LogP contribution in [0.5, 0.6) is 23.0 Å². The van der Waals surface area contributed by atoms with Crippen LogP contribution in [0.4, 0.5) is 0 Å². The van der Waals surface area contributed by atoms with E-state index < -0.39 is 0 Å². The fraction of sp³-hybridized carbons (Fsp3) is 0.409. The Balaban J connectivity index is 1.52. The van der Waals surface area contributed by atoms with Crippen molar-refractivity contribution in [2.75, 3.05) is 53.9 Å². The summed E-state index contributed by atoms with van der Waals surface area (Å²) in [6.45, 7) is 3.54. The maximum absolute atomic E-state index is 12.8. The molecule has 2 heterocycles. The van der Waals surface area contributed by atoms with Gasteiger partial charge in [-0.05, 0) is 35.9 Å². The molecule has 0 saturated carbocycles. The van der Waals surface area contributed by atoms with Gasteiger partial charge in [-0.2, -0.15) is 0 Å². The van der Waals surface area contributed by atoms with E-state index in [9.17, 15) is 4.79 Å². The van der Waals surface area contributed by atoms with Gasteiger partial charge in [0.15, 0.2) is 23.0 Å². The van der Waals surface area contributed by atoms with E-state index in [2.05, 4.69) is 10.2 Å². The maximum atomic E-state index is 12.8. The van der Waals surface area contributed by atoms with Crippen LogP contribution in [0.2, 0.25) is 0 Å². The van der Waals surface area contributed by atoms with Gasteiger partial charge in [0.25, 0.3) is 5.91 Å².